The van der Waals surface area contributed by atoms with E-state index < -0.39 is 5.82 Å². The van der Waals surface area contributed by atoms with Crippen LogP contribution in [0.1, 0.15) is 0 Å². The van der Waals surface area contributed by atoms with Crippen LogP contribution in [0.3, 0.4) is 0 Å². The molecule has 1 radical (unpaired) electrons. The Kier molecular flexibility index (Phi) is 1.12. The van der Waals surface area contributed by atoms with Gasteiger partial charge in [-0.3, -0.25) is 0 Å². The van der Waals surface area contributed by atoms with E-state index in [0.29, 0.717) is 0 Å². The van der Waals surface area contributed by atoms with Crippen LogP contribution >= 0.6 is 0 Å². The monoisotopic (exact) mass is 111 g/mol. The lowest BCUT2D eigenvalue weighted by Crippen LogP contribution is -1.91. The molecule has 1 heterocycles. The second-order valence-electron chi connectivity index (χ2n) is 1.30. The quantitative estimate of drug-likeness (QED) is 0.532. The van der Waals surface area contributed by atoms with E-state index in [2.05, 4.69) is 11.1 Å². The summed E-state index contributed by atoms with van der Waals surface area (Å²) < 4.78 is 12.1. The number of pyridine rings is 1. The maximum absolute atomic E-state index is 12.1. The van der Waals surface area contributed by atoms with Gasteiger partial charge in [-0.1, -0.05) is 0 Å². The summed E-state index contributed by atoms with van der Waals surface area (Å²) >= 11 is 0. The van der Waals surface area contributed by atoms with Gasteiger partial charge in [0.25, 0.3) is 0 Å². The van der Waals surface area contributed by atoms with E-state index in [-0.39, 0.29) is 5.82 Å². The van der Waals surface area contributed by atoms with Crippen LogP contribution in [0.4, 0.5) is 10.2 Å². The lowest BCUT2D eigenvalue weighted by molar-refractivity contribution is 0.627. The molecule has 2 nitrogen and oxygen atoms in total. The third-order valence-electron chi connectivity index (χ3n) is 0.733. The van der Waals surface area contributed by atoms with Gasteiger partial charge in [-0.15, -0.1) is 0 Å². The molecular weight excluding hydrogens is 107 g/mol. The zero-order valence-electron chi connectivity index (χ0n) is 4.06. The molecule has 0 amide bonds. The normalized spacial score (nSPS) is 9.12. The Morgan fingerprint density at radius 1 is 1.75 bits per heavy atom. The maximum Gasteiger partial charge on any atom is 0.165 e. The van der Waals surface area contributed by atoms with Gasteiger partial charge in [0, 0.05) is 12.3 Å². The van der Waals surface area contributed by atoms with Gasteiger partial charge >= 0.3 is 0 Å². The van der Waals surface area contributed by atoms with Crippen molar-refractivity contribution in [1.29, 1.82) is 0 Å². The Hall–Kier alpha value is -1.12. The average molecular weight is 111 g/mol. The number of anilines is 1. The van der Waals surface area contributed by atoms with E-state index in [1.54, 1.807) is 0 Å². The molecule has 0 spiro atoms. The molecule has 1 rings (SSSR count). The molecule has 2 N–H and O–H groups in total. The fraction of sp³-hybridized carbons (Fsp3) is 0. The van der Waals surface area contributed by atoms with Gasteiger partial charge in [0.1, 0.15) is 0 Å². The Morgan fingerprint density at radius 2 is 2.50 bits per heavy atom. The molecule has 8 heavy (non-hydrogen) atoms. The Labute approximate surface area is 46.2 Å². The standard InChI is InChI=1S/C5H4FN2/c6-4-2-1-3-8-5(4)7/h2-3H,(H2,7,8). The minimum Gasteiger partial charge on any atom is -0.381 e. The van der Waals surface area contributed by atoms with Crippen molar-refractivity contribution in [2.45, 2.75) is 0 Å². The number of aromatic nitrogens is 1. The molecule has 0 saturated heterocycles. The van der Waals surface area contributed by atoms with E-state index in [0.717, 1.165) is 6.07 Å². The van der Waals surface area contributed by atoms with Crippen molar-refractivity contribution in [3.8, 4) is 0 Å². The minimum absolute atomic E-state index is 0.0799. The molecule has 0 aliphatic heterocycles. The van der Waals surface area contributed by atoms with Gasteiger partial charge in [-0.05, 0) is 6.07 Å². The van der Waals surface area contributed by atoms with E-state index >= 15 is 0 Å². The van der Waals surface area contributed by atoms with Crippen molar-refractivity contribution < 1.29 is 4.39 Å². The predicted octanol–water partition coefficient (Wildman–Crippen LogP) is 0.603. The van der Waals surface area contributed by atoms with E-state index in [1.807, 2.05) is 0 Å². The molecule has 0 atom stereocenters. The Balaban J connectivity index is 3.13. The summed E-state index contributed by atoms with van der Waals surface area (Å²) in [6.07, 6.45) is 1.32. The molecular formula is C5H4FN2. The first-order chi connectivity index (χ1) is 3.80. The van der Waals surface area contributed by atoms with Gasteiger partial charge in [0.2, 0.25) is 0 Å². The van der Waals surface area contributed by atoms with Crippen molar-refractivity contribution in [2.24, 2.45) is 0 Å². The lowest BCUT2D eigenvalue weighted by Gasteiger charge is -1.88. The smallest absolute Gasteiger partial charge is 0.165 e. The number of rotatable bonds is 0. The zero-order valence-corrected chi connectivity index (χ0v) is 4.06. The lowest BCUT2D eigenvalue weighted by atomic mass is 10.4. The van der Waals surface area contributed by atoms with Crippen LogP contribution in [-0.4, -0.2) is 4.98 Å². The fourth-order valence-electron chi connectivity index (χ4n) is 0.353. The number of hydrogen-bond acceptors (Lipinski definition) is 2. The average Bonchev–Trinajstić information content (AvgIpc) is 1.77. The third kappa shape index (κ3) is 0.753. The number of nitrogens with zero attached hydrogens (tertiary/aromatic N) is 1. The second-order valence-corrected chi connectivity index (χ2v) is 1.30. The summed E-state index contributed by atoms with van der Waals surface area (Å²) in [5, 5.41) is 0. The van der Waals surface area contributed by atoms with Crippen LogP contribution in [-0.2, 0) is 0 Å². The van der Waals surface area contributed by atoms with Crippen LogP contribution < -0.4 is 5.73 Å². The summed E-state index contributed by atoms with van der Waals surface area (Å²) in [6.45, 7) is 0. The molecule has 0 fully saturated rings. The summed E-state index contributed by atoms with van der Waals surface area (Å²) in [7, 11) is 0. The highest BCUT2D eigenvalue weighted by Crippen LogP contribution is 2.00. The van der Waals surface area contributed by atoms with Gasteiger partial charge in [-0.2, -0.15) is 0 Å². The van der Waals surface area contributed by atoms with Gasteiger partial charge < -0.3 is 5.73 Å². The highest BCUT2D eigenvalue weighted by molar-refractivity contribution is 5.27. The Morgan fingerprint density at radius 3 is 2.88 bits per heavy atom. The molecule has 1 aromatic rings. The fourth-order valence-corrected chi connectivity index (χ4v) is 0.353. The summed E-state index contributed by atoms with van der Waals surface area (Å²) in [4.78, 5) is 3.43. The third-order valence-corrected chi connectivity index (χ3v) is 0.733. The van der Waals surface area contributed by atoms with Gasteiger partial charge in [0.05, 0.1) is 0 Å². The summed E-state index contributed by atoms with van der Waals surface area (Å²) in [6, 6.07) is 3.58. The van der Waals surface area contributed by atoms with Crippen molar-refractivity contribution in [2.75, 3.05) is 5.73 Å². The van der Waals surface area contributed by atoms with Crippen LogP contribution in [0.5, 0.6) is 0 Å². The number of nitrogens with two attached hydrogens (primary N) is 1. The van der Waals surface area contributed by atoms with Crippen LogP contribution in [0.2, 0.25) is 0 Å². The van der Waals surface area contributed by atoms with Gasteiger partial charge in [-0.25, -0.2) is 9.37 Å². The predicted molar refractivity (Wildman–Crippen MR) is 27.4 cm³/mol. The molecule has 0 aliphatic carbocycles. The SMILES string of the molecule is Nc1nc[c]cc1F. The molecule has 3 heteroatoms. The van der Waals surface area contributed by atoms with Crippen molar-refractivity contribution in [3.05, 3.63) is 24.1 Å². The summed E-state index contributed by atoms with van der Waals surface area (Å²) in [5.74, 6) is -0.601. The van der Waals surface area contributed by atoms with Crippen LogP contribution in [0, 0.1) is 11.9 Å². The Bertz CT molecular complexity index is 167. The number of hydrogen-bond donors (Lipinski definition) is 1. The van der Waals surface area contributed by atoms with E-state index in [4.69, 9.17) is 5.73 Å². The number of nitrogen functional groups attached to an aromatic ring is 1. The largest absolute Gasteiger partial charge is 0.381 e. The molecule has 0 unspecified atom stereocenters. The highest BCUT2D eigenvalue weighted by atomic mass is 19.1. The first-order valence-electron chi connectivity index (χ1n) is 2.08. The molecule has 0 aliphatic rings. The first-order valence-corrected chi connectivity index (χ1v) is 2.08. The topological polar surface area (TPSA) is 38.9 Å². The maximum atomic E-state index is 12.1. The molecule has 1 aromatic heterocycles. The molecule has 41 valence electrons. The van der Waals surface area contributed by atoms with Crippen LogP contribution in [0.25, 0.3) is 0 Å². The molecule has 0 aromatic carbocycles. The van der Waals surface area contributed by atoms with Crippen molar-refractivity contribution >= 4 is 5.82 Å². The van der Waals surface area contributed by atoms with Crippen molar-refractivity contribution in [1.82, 2.24) is 4.98 Å². The summed E-state index contributed by atoms with van der Waals surface area (Å²) in [5.41, 5.74) is 5.01. The minimum atomic E-state index is -0.521. The van der Waals surface area contributed by atoms with Crippen LogP contribution in [0.15, 0.2) is 12.3 Å². The first kappa shape index (κ1) is 5.03. The second kappa shape index (κ2) is 1.78. The zero-order chi connectivity index (χ0) is 5.98. The van der Waals surface area contributed by atoms with Crippen molar-refractivity contribution in [3.63, 3.8) is 0 Å². The highest BCUT2D eigenvalue weighted by Gasteiger charge is 1.91. The number of halogens is 1. The van der Waals surface area contributed by atoms with Gasteiger partial charge in [0.15, 0.2) is 11.6 Å². The molecule has 0 bridgehead atoms. The molecule has 0 saturated carbocycles. The van der Waals surface area contributed by atoms with E-state index in [1.165, 1.54) is 6.20 Å². The van der Waals surface area contributed by atoms with E-state index in [9.17, 15) is 4.39 Å².